The van der Waals surface area contributed by atoms with Gasteiger partial charge in [0.15, 0.2) is 0 Å². The molecule has 0 saturated carbocycles. The summed E-state index contributed by atoms with van der Waals surface area (Å²) in [5.74, 6) is 0.0234. The van der Waals surface area contributed by atoms with Crippen molar-refractivity contribution in [3.05, 3.63) is 29.8 Å². The van der Waals surface area contributed by atoms with E-state index in [1.54, 1.807) is 25.1 Å². The van der Waals surface area contributed by atoms with Gasteiger partial charge in [-0.05, 0) is 18.9 Å². The van der Waals surface area contributed by atoms with Crippen molar-refractivity contribution >= 4 is 10.0 Å². The Balaban J connectivity index is 2.95. The summed E-state index contributed by atoms with van der Waals surface area (Å²) in [5.41, 5.74) is 0.417. The van der Waals surface area contributed by atoms with Crippen LogP contribution in [0.3, 0.4) is 0 Å². The number of benzene rings is 1. The van der Waals surface area contributed by atoms with Gasteiger partial charge in [-0.25, -0.2) is 13.1 Å². The number of unbranched alkanes of at least 4 members (excludes halogenated alkanes) is 1. The zero-order valence-corrected chi connectivity index (χ0v) is 13.0. The Hall–Kier alpha value is -1.21. The molecular weight excluding hydrogens is 300 g/mol. The first kappa shape index (κ1) is 17.8. The van der Waals surface area contributed by atoms with E-state index in [0.29, 0.717) is 18.4 Å². The van der Waals surface area contributed by atoms with Gasteiger partial charge in [-0.2, -0.15) is 8.78 Å². The third kappa shape index (κ3) is 5.97. The molecule has 21 heavy (non-hydrogen) atoms. The molecule has 1 aromatic carbocycles. The second-order valence-electron chi connectivity index (χ2n) is 4.67. The lowest BCUT2D eigenvalue weighted by molar-refractivity contribution is -0.0506. The molecule has 0 fully saturated rings. The van der Waals surface area contributed by atoms with E-state index in [1.807, 2.05) is 6.92 Å². The van der Waals surface area contributed by atoms with E-state index < -0.39 is 22.7 Å². The lowest BCUT2D eigenvalue weighted by Gasteiger charge is -2.20. The second-order valence-corrected chi connectivity index (χ2v) is 6.54. The van der Waals surface area contributed by atoms with Crippen LogP contribution < -0.4 is 9.46 Å². The summed E-state index contributed by atoms with van der Waals surface area (Å²) in [6.45, 7) is 0.741. The number of hydrogen-bond donors (Lipinski definition) is 1. The highest BCUT2D eigenvalue weighted by molar-refractivity contribution is 7.89. The van der Waals surface area contributed by atoms with E-state index >= 15 is 0 Å². The summed E-state index contributed by atoms with van der Waals surface area (Å²) in [7, 11) is -3.44. The molecule has 0 spiro atoms. The number of nitrogens with one attached hydrogen (secondary N) is 1. The highest BCUT2D eigenvalue weighted by atomic mass is 32.2. The third-order valence-electron chi connectivity index (χ3n) is 3.01. The molecule has 1 rings (SSSR count). The van der Waals surface area contributed by atoms with Crippen LogP contribution in [0.15, 0.2) is 24.3 Å². The van der Waals surface area contributed by atoms with Crippen molar-refractivity contribution in [1.82, 2.24) is 4.72 Å². The van der Waals surface area contributed by atoms with Crippen LogP contribution in [-0.2, 0) is 10.0 Å². The van der Waals surface area contributed by atoms with Crippen molar-refractivity contribution in [3.8, 4) is 5.75 Å². The van der Waals surface area contributed by atoms with Crippen molar-refractivity contribution in [3.63, 3.8) is 0 Å². The van der Waals surface area contributed by atoms with Gasteiger partial charge in [-0.15, -0.1) is 0 Å². The van der Waals surface area contributed by atoms with Gasteiger partial charge in [0.05, 0.1) is 11.8 Å². The van der Waals surface area contributed by atoms with E-state index in [1.165, 1.54) is 6.07 Å². The van der Waals surface area contributed by atoms with Crippen molar-refractivity contribution in [2.45, 2.75) is 45.8 Å². The Kier molecular flexibility index (Phi) is 7.04. The average Bonchev–Trinajstić information content (AvgIpc) is 2.43. The lowest BCUT2D eigenvalue weighted by Crippen LogP contribution is -2.30. The fourth-order valence-corrected chi connectivity index (χ4v) is 3.46. The lowest BCUT2D eigenvalue weighted by atomic mass is 10.0. The van der Waals surface area contributed by atoms with Crippen LogP contribution in [0, 0.1) is 0 Å². The highest BCUT2D eigenvalue weighted by Crippen LogP contribution is 2.29. The van der Waals surface area contributed by atoms with Crippen molar-refractivity contribution in [2.75, 3.05) is 5.75 Å². The molecular formula is C14H21F2NO3S. The van der Waals surface area contributed by atoms with Crippen molar-refractivity contribution in [2.24, 2.45) is 0 Å². The monoisotopic (exact) mass is 321 g/mol. The maximum Gasteiger partial charge on any atom is 0.387 e. The van der Waals surface area contributed by atoms with Gasteiger partial charge in [0.1, 0.15) is 5.75 Å². The molecule has 4 nitrogen and oxygen atoms in total. The zero-order valence-electron chi connectivity index (χ0n) is 12.2. The van der Waals surface area contributed by atoms with Gasteiger partial charge in [0.2, 0.25) is 10.0 Å². The summed E-state index contributed by atoms with van der Waals surface area (Å²) >= 11 is 0. The first-order chi connectivity index (χ1) is 9.89. The molecule has 0 heterocycles. The molecule has 1 N–H and O–H groups in total. The predicted molar refractivity (Wildman–Crippen MR) is 77.9 cm³/mol. The molecule has 0 saturated heterocycles. The standard InChI is InChI=1S/C14H21F2NO3S/c1-3-5-10-21(18,19)17-12(4-2)11-8-6-7-9-13(11)20-14(15)16/h6-9,12,14,17H,3-5,10H2,1-2H3. The second kappa shape index (κ2) is 8.29. The Morgan fingerprint density at radius 3 is 2.48 bits per heavy atom. The fourth-order valence-electron chi connectivity index (χ4n) is 1.95. The third-order valence-corrected chi connectivity index (χ3v) is 4.48. The minimum absolute atomic E-state index is 0.00228. The fraction of sp³-hybridized carbons (Fsp3) is 0.571. The van der Waals surface area contributed by atoms with Crippen LogP contribution in [0.1, 0.15) is 44.7 Å². The number of alkyl halides is 2. The minimum Gasteiger partial charge on any atom is -0.434 e. The molecule has 0 aromatic heterocycles. The molecule has 0 aliphatic heterocycles. The minimum atomic E-state index is -3.44. The topological polar surface area (TPSA) is 55.4 Å². The van der Waals surface area contributed by atoms with Gasteiger partial charge >= 0.3 is 6.61 Å². The number of sulfonamides is 1. The maximum atomic E-state index is 12.4. The number of hydrogen-bond acceptors (Lipinski definition) is 3. The Morgan fingerprint density at radius 1 is 1.24 bits per heavy atom. The molecule has 120 valence electrons. The smallest absolute Gasteiger partial charge is 0.387 e. The molecule has 1 unspecified atom stereocenters. The molecule has 0 bridgehead atoms. The number of para-hydroxylation sites is 1. The summed E-state index contributed by atoms with van der Waals surface area (Å²) in [6, 6.07) is 5.65. The molecule has 0 amide bonds. The Bertz CT molecular complexity index is 535. The quantitative estimate of drug-likeness (QED) is 0.758. The van der Waals surface area contributed by atoms with Gasteiger partial charge < -0.3 is 4.74 Å². The summed E-state index contributed by atoms with van der Waals surface area (Å²) in [6.07, 6.45) is 1.76. The van der Waals surface area contributed by atoms with Gasteiger partial charge in [0, 0.05) is 5.56 Å². The van der Waals surface area contributed by atoms with E-state index in [4.69, 9.17) is 0 Å². The predicted octanol–water partition coefficient (Wildman–Crippen LogP) is 3.46. The van der Waals surface area contributed by atoms with E-state index in [9.17, 15) is 17.2 Å². The maximum absolute atomic E-state index is 12.4. The summed E-state index contributed by atoms with van der Waals surface area (Å²) < 4.78 is 55.8. The molecule has 1 atom stereocenters. The molecule has 7 heteroatoms. The number of ether oxygens (including phenoxy) is 1. The zero-order chi connectivity index (χ0) is 15.9. The normalized spacial score (nSPS) is 13.4. The number of halogens is 2. The van der Waals surface area contributed by atoms with Crippen LogP contribution in [0.4, 0.5) is 8.78 Å². The summed E-state index contributed by atoms with van der Waals surface area (Å²) in [5, 5.41) is 0. The Labute approximate surface area is 124 Å². The molecule has 0 radical (unpaired) electrons. The van der Waals surface area contributed by atoms with Gasteiger partial charge in [-0.1, -0.05) is 38.5 Å². The summed E-state index contributed by atoms with van der Waals surface area (Å²) in [4.78, 5) is 0. The molecule has 0 aliphatic carbocycles. The van der Waals surface area contributed by atoms with E-state index in [-0.39, 0.29) is 11.5 Å². The average molecular weight is 321 g/mol. The van der Waals surface area contributed by atoms with Crippen LogP contribution in [0.25, 0.3) is 0 Å². The van der Waals surface area contributed by atoms with Gasteiger partial charge in [0.25, 0.3) is 0 Å². The largest absolute Gasteiger partial charge is 0.434 e. The number of rotatable bonds is 9. The van der Waals surface area contributed by atoms with Crippen molar-refractivity contribution in [1.29, 1.82) is 0 Å². The van der Waals surface area contributed by atoms with Crippen molar-refractivity contribution < 1.29 is 21.9 Å². The van der Waals surface area contributed by atoms with Crippen LogP contribution in [0.2, 0.25) is 0 Å². The van der Waals surface area contributed by atoms with E-state index in [0.717, 1.165) is 6.42 Å². The molecule has 1 aromatic rings. The van der Waals surface area contributed by atoms with Crippen LogP contribution >= 0.6 is 0 Å². The highest BCUT2D eigenvalue weighted by Gasteiger charge is 2.21. The van der Waals surface area contributed by atoms with Gasteiger partial charge in [-0.3, -0.25) is 0 Å². The SMILES string of the molecule is CCCCS(=O)(=O)NC(CC)c1ccccc1OC(F)F. The molecule has 0 aliphatic rings. The first-order valence-corrected chi connectivity index (χ1v) is 8.58. The van der Waals surface area contributed by atoms with Crippen LogP contribution in [-0.4, -0.2) is 20.8 Å². The van der Waals surface area contributed by atoms with Crippen LogP contribution in [0.5, 0.6) is 5.75 Å². The Morgan fingerprint density at radius 2 is 1.90 bits per heavy atom. The first-order valence-electron chi connectivity index (χ1n) is 6.93. The van der Waals surface area contributed by atoms with E-state index in [2.05, 4.69) is 9.46 Å².